The molecule has 1 fully saturated rings. The molecule has 3 heteroatoms. The van der Waals surface area contributed by atoms with Gasteiger partial charge in [0.25, 0.3) is 0 Å². The lowest BCUT2D eigenvalue weighted by molar-refractivity contribution is -0.143. The second kappa shape index (κ2) is 5.14. The molecule has 1 N–H and O–H groups in total. The molecule has 0 spiro atoms. The van der Waals surface area contributed by atoms with Crippen LogP contribution in [0, 0.1) is 0 Å². The Balaban J connectivity index is 1.90. The molecular formula is C9H17NO2. The fraction of sp³-hybridized carbons (Fsp3) is 0.889. The number of hydrogen-bond acceptors (Lipinski definition) is 3. The van der Waals surface area contributed by atoms with Gasteiger partial charge < -0.3 is 10.1 Å². The molecule has 0 radical (unpaired) electrons. The minimum atomic E-state index is -0.0932. The summed E-state index contributed by atoms with van der Waals surface area (Å²) in [5.74, 6) is -0.0932. The van der Waals surface area contributed by atoms with E-state index in [1.807, 2.05) is 6.92 Å². The van der Waals surface area contributed by atoms with Crippen LogP contribution in [0.4, 0.5) is 0 Å². The maximum Gasteiger partial charge on any atom is 0.307 e. The van der Waals surface area contributed by atoms with Gasteiger partial charge in [-0.05, 0) is 19.8 Å². The van der Waals surface area contributed by atoms with Crippen LogP contribution in [-0.2, 0) is 9.53 Å². The van der Waals surface area contributed by atoms with Gasteiger partial charge in [-0.25, -0.2) is 0 Å². The van der Waals surface area contributed by atoms with Crippen molar-refractivity contribution in [3.63, 3.8) is 0 Å². The fourth-order valence-electron chi connectivity index (χ4n) is 1.22. The molecule has 1 saturated carbocycles. The Hall–Kier alpha value is -0.570. The van der Waals surface area contributed by atoms with Gasteiger partial charge in [0.2, 0.25) is 0 Å². The van der Waals surface area contributed by atoms with Crippen LogP contribution in [-0.4, -0.2) is 25.2 Å². The average Bonchev–Trinajstić information content (AvgIpc) is 1.95. The molecule has 1 aliphatic rings. The van der Waals surface area contributed by atoms with Crippen LogP contribution in [0.3, 0.4) is 0 Å². The molecule has 0 heterocycles. The molecule has 0 aromatic carbocycles. The topological polar surface area (TPSA) is 38.3 Å². The predicted molar refractivity (Wildman–Crippen MR) is 46.9 cm³/mol. The average molecular weight is 171 g/mol. The van der Waals surface area contributed by atoms with Gasteiger partial charge in [-0.3, -0.25) is 4.79 Å². The number of carbonyl (C=O) groups excluding carboxylic acids is 1. The Morgan fingerprint density at radius 2 is 2.33 bits per heavy atom. The van der Waals surface area contributed by atoms with Crippen molar-refractivity contribution in [1.29, 1.82) is 0 Å². The van der Waals surface area contributed by atoms with Gasteiger partial charge in [0.1, 0.15) is 0 Å². The van der Waals surface area contributed by atoms with Gasteiger partial charge >= 0.3 is 5.97 Å². The van der Waals surface area contributed by atoms with Crippen LogP contribution in [0.5, 0.6) is 0 Å². The number of nitrogens with one attached hydrogen (secondary N) is 1. The molecule has 0 saturated heterocycles. The Morgan fingerprint density at radius 3 is 2.83 bits per heavy atom. The summed E-state index contributed by atoms with van der Waals surface area (Å²) >= 11 is 0. The van der Waals surface area contributed by atoms with Crippen molar-refractivity contribution in [2.24, 2.45) is 0 Å². The number of ether oxygens (including phenoxy) is 1. The zero-order valence-electron chi connectivity index (χ0n) is 7.64. The van der Waals surface area contributed by atoms with Gasteiger partial charge in [0.05, 0.1) is 13.0 Å². The normalized spacial score (nSPS) is 17.1. The first-order valence-corrected chi connectivity index (χ1v) is 4.72. The lowest BCUT2D eigenvalue weighted by atomic mass is 9.93. The zero-order chi connectivity index (χ0) is 8.81. The molecule has 70 valence electrons. The van der Waals surface area contributed by atoms with E-state index in [0.29, 0.717) is 19.1 Å². The number of esters is 1. The molecule has 1 aliphatic carbocycles. The summed E-state index contributed by atoms with van der Waals surface area (Å²) in [5.41, 5.74) is 0. The summed E-state index contributed by atoms with van der Waals surface area (Å²) < 4.78 is 4.80. The third-order valence-corrected chi connectivity index (χ3v) is 2.17. The van der Waals surface area contributed by atoms with E-state index in [1.165, 1.54) is 19.3 Å². The van der Waals surface area contributed by atoms with E-state index in [4.69, 9.17) is 4.74 Å². The van der Waals surface area contributed by atoms with Gasteiger partial charge in [-0.1, -0.05) is 6.42 Å². The minimum absolute atomic E-state index is 0.0932. The van der Waals surface area contributed by atoms with Crippen molar-refractivity contribution in [2.45, 2.75) is 38.6 Å². The summed E-state index contributed by atoms with van der Waals surface area (Å²) in [7, 11) is 0. The Labute approximate surface area is 73.5 Å². The highest BCUT2D eigenvalue weighted by atomic mass is 16.5. The van der Waals surface area contributed by atoms with Crippen LogP contribution in [0.1, 0.15) is 32.6 Å². The van der Waals surface area contributed by atoms with E-state index in [1.54, 1.807) is 0 Å². The maximum atomic E-state index is 10.9. The smallest absolute Gasteiger partial charge is 0.307 e. The quantitative estimate of drug-likeness (QED) is 0.629. The van der Waals surface area contributed by atoms with Gasteiger partial charge in [0, 0.05) is 12.6 Å². The van der Waals surface area contributed by atoms with Gasteiger partial charge in [-0.15, -0.1) is 0 Å². The SMILES string of the molecule is CCOC(=O)CCNC1CCC1. The van der Waals surface area contributed by atoms with Crippen LogP contribution < -0.4 is 5.32 Å². The molecule has 12 heavy (non-hydrogen) atoms. The van der Waals surface area contributed by atoms with Crippen molar-refractivity contribution in [3.8, 4) is 0 Å². The Kier molecular flexibility index (Phi) is 4.08. The highest BCUT2D eigenvalue weighted by Crippen LogP contribution is 2.17. The standard InChI is InChI=1S/C9H17NO2/c1-2-12-9(11)6-7-10-8-4-3-5-8/h8,10H,2-7H2,1H3. The molecule has 0 aromatic heterocycles. The Morgan fingerprint density at radius 1 is 1.58 bits per heavy atom. The molecule has 0 atom stereocenters. The maximum absolute atomic E-state index is 10.9. The van der Waals surface area contributed by atoms with Crippen LogP contribution in [0.25, 0.3) is 0 Å². The molecule has 0 aliphatic heterocycles. The highest BCUT2D eigenvalue weighted by Gasteiger charge is 2.16. The lowest BCUT2D eigenvalue weighted by Gasteiger charge is -2.26. The van der Waals surface area contributed by atoms with E-state index < -0.39 is 0 Å². The first-order valence-electron chi connectivity index (χ1n) is 4.72. The highest BCUT2D eigenvalue weighted by molar-refractivity contribution is 5.69. The second-order valence-corrected chi connectivity index (χ2v) is 3.14. The monoisotopic (exact) mass is 171 g/mol. The van der Waals surface area contributed by atoms with Crippen molar-refractivity contribution < 1.29 is 9.53 Å². The van der Waals surface area contributed by atoms with Crippen molar-refractivity contribution >= 4 is 5.97 Å². The summed E-state index contributed by atoms with van der Waals surface area (Å²) in [6, 6.07) is 0.666. The van der Waals surface area contributed by atoms with E-state index >= 15 is 0 Å². The summed E-state index contributed by atoms with van der Waals surface area (Å²) in [6.07, 6.45) is 4.37. The molecule has 0 amide bonds. The molecule has 1 rings (SSSR count). The van der Waals surface area contributed by atoms with E-state index in [-0.39, 0.29) is 5.97 Å². The van der Waals surface area contributed by atoms with Crippen LogP contribution in [0.15, 0.2) is 0 Å². The number of rotatable bonds is 5. The third-order valence-electron chi connectivity index (χ3n) is 2.17. The summed E-state index contributed by atoms with van der Waals surface area (Å²) in [6.45, 7) is 3.09. The van der Waals surface area contributed by atoms with Crippen molar-refractivity contribution in [2.75, 3.05) is 13.2 Å². The van der Waals surface area contributed by atoms with Crippen LogP contribution >= 0.6 is 0 Å². The summed E-state index contributed by atoms with van der Waals surface area (Å²) in [5, 5.41) is 3.31. The largest absolute Gasteiger partial charge is 0.466 e. The zero-order valence-corrected chi connectivity index (χ0v) is 7.64. The second-order valence-electron chi connectivity index (χ2n) is 3.14. The molecular weight excluding hydrogens is 154 g/mol. The lowest BCUT2D eigenvalue weighted by Crippen LogP contribution is -2.36. The third kappa shape index (κ3) is 3.22. The fourth-order valence-corrected chi connectivity index (χ4v) is 1.22. The molecule has 0 bridgehead atoms. The predicted octanol–water partition coefficient (Wildman–Crippen LogP) is 1.08. The first-order chi connectivity index (χ1) is 5.83. The van der Waals surface area contributed by atoms with E-state index in [2.05, 4.69) is 5.32 Å². The number of carbonyl (C=O) groups is 1. The van der Waals surface area contributed by atoms with Crippen LogP contribution in [0.2, 0.25) is 0 Å². The van der Waals surface area contributed by atoms with Crippen molar-refractivity contribution in [3.05, 3.63) is 0 Å². The molecule has 0 aromatic rings. The molecule has 3 nitrogen and oxygen atoms in total. The van der Waals surface area contributed by atoms with E-state index in [0.717, 1.165) is 6.54 Å². The van der Waals surface area contributed by atoms with E-state index in [9.17, 15) is 4.79 Å². The molecule has 0 unspecified atom stereocenters. The van der Waals surface area contributed by atoms with Gasteiger partial charge in [-0.2, -0.15) is 0 Å². The Bertz CT molecular complexity index is 143. The number of hydrogen-bond donors (Lipinski definition) is 1. The van der Waals surface area contributed by atoms with Crippen molar-refractivity contribution in [1.82, 2.24) is 5.32 Å². The first kappa shape index (κ1) is 9.52. The minimum Gasteiger partial charge on any atom is -0.466 e. The summed E-state index contributed by atoms with van der Waals surface area (Å²) in [4.78, 5) is 10.9. The van der Waals surface area contributed by atoms with Gasteiger partial charge in [0.15, 0.2) is 0 Å².